The highest BCUT2D eigenvalue weighted by molar-refractivity contribution is 5.91. The summed E-state index contributed by atoms with van der Waals surface area (Å²) in [4.78, 5) is 24.5. The molecule has 1 amide bonds. The van der Waals surface area contributed by atoms with Gasteiger partial charge < -0.3 is 15.0 Å². The van der Waals surface area contributed by atoms with Gasteiger partial charge in [0.15, 0.2) is 5.82 Å². The van der Waals surface area contributed by atoms with Crippen LogP contribution in [0, 0.1) is 0 Å². The van der Waals surface area contributed by atoms with E-state index >= 15 is 0 Å². The number of nitrogens with zero attached hydrogens (tertiary/aromatic N) is 3. The van der Waals surface area contributed by atoms with Gasteiger partial charge in [-0.25, -0.2) is 9.97 Å². The summed E-state index contributed by atoms with van der Waals surface area (Å²) in [6.45, 7) is 5.12. The molecule has 0 aliphatic rings. The van der Waals surface area contributed by atoms with E-state index in [2.05, 4.69) is 22.3 Å². The number of para-hydroxylation sites is 1. The van der Waals surface area contributed by atoms with Gasteiger partial charge in [0.1, 0.15) is 11.6 Å². The van der Waals surface area contributed by atoms with Crippen LogP contribution in [-0.2, 0) is 11.3 Å². The molecule has 1 N–H and O–H groups in total. The topological polar surface area (TPSA) is 67.3 Å². The van der Waals surface area contributed by atoms with Crippen molar-refractivity contribution in [1.82, 2.24) is 15.3 Å². The van der Waals surface area contributed by atoms with Gasteiger partial charge in [-0.3, -0.25) is 4.79 Å². The maximum atomic E-state index is 12.5. The third kappa shape index (κ3) is 5.70. The lowest BCUT2D eigenvalue weighted by Gasteiger charge is -2.26. The molecule has 34 heavy (non-hydrogen) atoms. The first-order chi connectivity index (χ1) is 16.5. The maximum absolute atomic E-state index is 12.5. The Balaban J connectivity index is 1.76. The molecule has 0 radical (unpaired) electrons. The van der Waals surface area contributed by atoms with Crippen molar-refractivity contribution in [1.29, 1.82) is 0 Å². The smallest absolute Gasteiger partial charge is 0.221 e. The first-order valence-electron chi connectivity index (χ1n) is 11.5. The summed E-state index contributed by atoms with van der Waals surface area (Å²) < 4.78 is 5.30. The Morgan fingerprint density at radius 2 is 1.65 bits per heavy atom. The lowest BCUT2D eigenvalue weighted by Crippen LogP contribution is -2.34. The number of carbonyl (C=O) groups is 1. The lowest BCUT2D eigenvalue weighted by atomic mass is 10.1. The number of methoxy groups -OCH3 is 1. The van der Waals surface area contributed by atoms with E-state index in [0.29, 0.717) is 25.3 Å². The first kappa shape index (κ1) is 23.2. The Labute approximate surface area is 200 Å². The molecule has 0 saturated heterocycles. The van der Waals surface area contributed by atoms with Crippen molar-refractivity contribution in [2.45, 2.75) is 32.9 Å². The molecule has 6 heteroatoms. The van der Waals surface area contributed by atoms with Crippen molar-refractivity contribution in [3.63, 3.8) is 0 Å². The van der Waals surface area contributed by atoms with Gasteiger partial charge in [-0.1, -0.05) is 42.5 Å². The molecule has 4 aromatic rings. The Morgan fingerprint density at radius 1 is 0.941 bits per heavy atom. The van der Waals surface area contributed by atoms with Crippen molar-refractivity contribution < 1.29 is 9.53 Å². The minimum absolute atomic E-state index is 0.0294. The van der Waals surface area contributed by atoms with E-state index in [9.17, 15) is 4.79 Å². The number of carbonyl (C=O) groups excluding carboxylic acids is 1. The van der Waals surface area contributed by atoms with Crippen LogP contribution in [0.3, 0.4) is 0 Å². The molecule has 0 bridgehead atoms. The number of hydrogen-bond acceptors (Lipinski definition) is 5. The van der Waals surface area contributed by atoms with Gasteiger partial charge in [0.2, 0.25) is 5.91 Å². The molecule has 0 spiro atoms. The molecular formula is C28H30N4O2. The molecule has 0 atom stereocenters. The number of amides is 1. The Bertz CT molecular complexity index is 1240. The molecule has 0 saturated carbocycles. The number of rotatable bonds is 9. The van der Waals surface area contributed by atoms with Crippen LogP contribution in [0.4, 0.5) is 5.82 Å². The minimum Gasteiger partial charge on any atom is -0.497 e. The predicted molar refractivity (Wildman–Crippen MR) is 137 cm³/mol. The number of anilines is 1. The minimum atomic E-state index is 0.0294. The zero-order chi connectivity index (χ0) is 23.9. The summed E-state index contributed by atoms with van der Waals surface area (Å²) in [5.41, 5.74) is 2.92. The summed E-state index contributed by atoms with van der Waals surface area (Å²) in [5, 5.41) is 3.95. The predicted octanol–water partition coefficient (Wildman–Crippen LogP) is 5.23. The van der Waals surface area contributed by atoms with E-state index in [1.54, 1.807) is 7.11 Å². The number of fused-ring (bicyclic) bond motifs is 1. The van der Waals surface area contributed by atoms with Gasteiger partial charge in [0, 0.05) is 36.5 Å². The standard InChI is InChI=1S/C28H30N4O2/c1-20(2)29-26(33)17-18-32(19-21-9-5-4-6-10-21)28-24-11-7-8-12-25(24)30-27(31-28)22-13-15-23(34-3)16-14-22/h4-16,20H,17-19H2,1-3H3,(H,29,33). The molecule has 0 aliphatic heterocycles. The zero-order valence-electron chi connectivity index (χ0n) is 19.9. The molecular weight excluding hydrogens is 424 g/mol. The normalized spacial score (nSPS) is 10.9. The van der Waals surface area contributed by atoms with Crippen LogP contribution in [0.5, 0.6) is 5.75 Å². The fraction of sp³-hybridized carbons (Fsp3) is 0.250. The van der Waals surface area contributed by atoms with E-state index in [1.807, 2.05) is 80.6 Å². The summed E-state index contributed by atoms with van der Waals surface area (Å²) in [5.74, 6) is 2.27. The highest BCUT2D eigenvalue weighted by atomic mass is 16.5. The Hall–Kier alpha value is -3.93. The first-order valence-corrected chi connectivity index (χ1v) is 11.5. The third-order valence-electron chi connectivity index (χ3n) is 5.51. The van der Waals surface area contributed by atoms with Crippen molar-refractivity contribution in [2.24, 2.45) is 0 Å². The van der Waals surface area contributed by atoms with E-state index in [-0.39, 0.29) is 11.9 Å². The van der Waals surface area contributed by atoms with E-state index in [1.165, 1.54) is 0 Å². The second-order valence-corrected chi connectivity index (χ2v) is 8.50. The molecule has 0 fully saturated rings. The Kier molecular flexibility index (Phi) is 7.38. The van der Waals surface area contributed by atoms with Gasteiger partial charge >= 0.3 is 0 Å². The highest BCUT2D eigenvalue weighted by Gasteiger charge is 2.17. The van der Waals surface area contributed by atoms with Crippen molar-refractivity contribution in [3.8, 4) is 17.1 Å². The molecule has 1 aromatic heterocycles. The molecule has 6 nitrogen and oxygen atoms in total. The van der Waals surface area contributed by atoms with Crippen LogP contribution in [0.25, 0.3) is 22.3 Å². The molecule has 3 aromatic carbocycles. The molecule has 0 unspecified atom stereocenters. The fourth-order valence-electron chi connectivity index (χ4n) is 3.86. The van der Waals surface area contributed by atoms with Crippen LogP contribution in [0.1, 0.15) is 25.8 Å². The van der Waals surface area contributed by atoms with Crippen molar-refractivity contribution in [2.75, 3.05) is 18.6 Å². The maximum Gasteiger partial charge on any atom is 0.221 e. The van der Waals surface area contributed by atoms with Gasteiger partial charge in [0.25, 0.3) is 0 Å². The molecule has 174 valence electrons. The zero-order valence-corrected chi connectivity index (χ0v) is 19.9. The van der Waals surface area contributed by atoms with Gasteiger partial charge in [-0.05, 0) is 55.8 Å². The van der Waals surface area contributed by atoms with Crippen molar-refractivity contribution >= 4 is 22.6 Å². The van der Waals surface area contributed by atoms with E-state index in [4.69, 9.17) is 14.7 Å². The highest BCUT2D eigenvalue weighted by Crippen LogP contribution is 2.29. The van der Waals surface area contributed by atoms with E-state index in [0.717, 1.165) is 33.6 Å². The average Bonchev–Trinajstić information content (AvgIpc) is 2.86. The second kappa shape index (κ2) is 10.8. The van der Waals surface area contributed by atoms with Gasteiger partial charge in [0.05, 0.1) is 12.6 Å². The number of hydrogen-bond donors (Lipinski definition) is 1. The molecule has 0 aliphatic carbocycles. The van der Waals surface area contributed by atoms with Gasteiger partial charge in [-0.2, -0.15) is 0 Å². The SMILES string of the molecule is COc1ccc(-c2nc(N(CCC(=O)NC(C)C)Cc3ccccc3)c3ccccc3n2)cc1. The number of aromatic nitrogens is 2. The number of ether oxygens (including phenoxy) is 1. The summed E-state index contributed by atoms with van der Waals surface area (Å²) in [6.07, 6.45) is 0.376. The van der Waals surface area contributed by atoms with Crippen LogP contribution >= 0.6 is 0 Å². The summed E-state index contributed by atoms with van der Waals surface area (Å²) >= 11 is 0. The fourth-order valence-corrected chi connectivity index (χ4v) is 3.86. The number of nitrogens with one attached hydrogen (secondary N) is 1. The van der Waals surface area contributed by atoms with Crippen LogP contribution in [0.2, 0.25) is 0 Å². The summed E-state index contributed by atoms with van der Waals surface area (Å²) in [7, 11) is 1.65. The van der Waals surface area contributed by atoms with Gasteiger partial charge in [-0.15, -0.1) is 0 Å². The number of benzene rings is 3. The van der Waals surface area contributed by atoms with Crippen LogP contribution in [-0.4, -0.2) is 35.6 Å². The largest absolute Gasteiger partial charge is 0.497 e. The average molecular weight is 455 g/mol. The van der Waals surface area contributed by atoms with Crippen LogP contribution < -0.4 is 15.0 Å². The Morgan fingerprint density at radius 3 is 2.35 bits per heavy atom. The quantitative estimate of drug-likeness (QED) is 0.375. The lowest BCUT2D eigenvalue weighted by molar-refractivity contribution is -0.121. The van der Waals surface area contributed by atoms with E-state index < -0.39 is 0 Å². The second-order valence-electron chi connectivity index (χ2n) is 8.50. The molecule has 4 rings (SSSR count). The molecule has 1 heterocycles. The monoisotopic (exact) mass is 454 g/mol. The third-order valence-corrected chi connectivity index (χ3v) is 5.51. The van der Waals surface area contributed by atoms with Crippen molar-refractivity contribution in [3.05, 3.63) is 84.4 Å². The van der Waals surface area contributed by atoms with Crippen LogP contribution in [0.15, 0.2) is 78.9 Å². The summed E-state index contributed by atoms with van der Waals surface area (Å²) in [6, 6.07) is 26.1.